The van der Waals surface area contributed by atoms with Gasteiger partial charge in [0, 0.05) is 28.5 Å². The van der Waals surface area contributed by atoms with Gasteiger partial charge in [-0.2, -0.15) is 5.10 Å². The van der Waals surface area contributed by atoms with Crippen molar-refractivity contribution in [3.05, 3.63) is 76.2 Å². The number of carbonyl (C=O) groups is 1. The summed E-state index contributed by atoms with van der Waals surface area (Å²) in [6.45, 7) is 0. The van der Waals surface area contributed by atoms with Crippen molar-refractivity contribution >= 4 is 35.3 Å². The van der Waals surface area contributed by atoms with Crippen LogP contribution in [-0.4, -0.2) is 17.1 Å². The number of nitrogens with zero attached hydrogens (tertiary/aromatic N) is 2. The number of nitrogens with one attached hydrogen (secondary N) is 1. The van der Waals surface area contributed by atoms with E-state index in [1.54, 1.807) is 42.5 Å². The van der Waals surface area contributed by atoms with Crippen molar-refractivity contribution in [2.75, 3.05) is 0 Å². The Kier molecular flexibility index (Phi) is 4.93. The summed E-state index contributed by atoms with van der Waals surface area (Å²) in [6.07, 6.45) is 4.48. The molecular formula is C17H11Cl2N3O2. The highest BCUT2D eigenvalue weighted by molar-refractivity contribution is 6.36. The van der Waals surface area contributed by atoms with E-state index in [0.717, 1.165) is 5.56 Å². The van der Waals surface area contributed by atoms with Gasteiger partial charge >= 0.3 is 0 Å². The quantitative estimate of drug-likeness (QED) is 0.554. The zero-order valence-corrected chi connectivity index (χ0v) is 13.8. The molecule has 0 bridgehead atoms. The van der Waals surface area contributed by atoms with Gasteiger partial charge in [-0.15, -0.1) is 0 Å². The second kappa shape index (κ2) is 7.29. The van der Waals surface area contributed by atoms with Crippen molar-refractivity contribution in [2.45, 2.75) is 0 Å². The molecule has 0 spiro atoms. The molecule has 24 heavy (non-hydrogen) atoms. The second-order valence-electron chi connectivity index (χ2n) is 4.76. The average Bonchev–Trinajstić information content (AvgIpc) is 3.04. The summed E-state index contributed by atoms with van der Waals surface area (Å²) in [5.41, 5.74) is 3.61. The zero-order chi connectivity index (χ0) is 16.9. The van der Waals surface area contributed by atoms with Crippen LogP contribution in [0.4, 0.5) is 0 Å². The molecule has 120 valence electrons. The van der Waals surface area contributed by atoms with E-state index in [-0.39, 0.29) is 5.91 Å². The van der Waals surface area contributed by atoms with E-state index in [0.29, 0.717) is 27.1 Å². The summed E-state index contributed by atoms with van der Waals surface area (Å²) >= 11 is 12.0. The summed E-state index contributed by atoms with van der Waals surface area (Å²) in [5.74, 6) is 0.728. The number of hydrazone groups is 1. The molecular weight excluding hydrogens is 349 g/mol. The normalized spacial score (nSPS) is 10.9. The van der Waals surface area contributed by atoms with E-state index < -0.39 is 0 Å². The molecule has 0 saturated carbocycles. The summed E-state index contributed by atoms with van der Waals surface area (Å²) in [6, 6.07) is 11.8. The number of carbonyl (C=O) groups excluding carboxylic acids is 1. The molecule has 1 aromatic carbocycles. The SMILES string of the molecule is O=C(N/N=C/c1ccc(-c2ccc(Cl)cc2Cl)o1)c1ccncc1. The van der Waals surface area contributed by atoms with Gasteiger partial charge < -0.3 is 4.42 Å². The molecule has 0 atom stereocenters. The summed E-state index contributed by atoms with van der Waals surface area (Å²) in [7, 11) is 0. The number of hydrogen-bond donors (Lipinski definition) is 1. The van der Waals surface area contributed by atoms with Gasteiger partial charge in [0.2, 0.25) is 0 Å². The van der Waals surface area contributed by atoms with Crippen molar-refractivity contribution < 1.29 is 9.21 Å². The van der Waals surface area contributed by atoms with Gasteiger partial charge in [-0.05, 0) is 42.5 Å². The largest absolute Gasteiger partial charge is 0.455 e. The molecule has 0 aliphatic carbocycles. The summed E-state index contributed by atoms with van der Waals surface area (Å²) < 4.78 is 5.64. The van der Waals surface area contributed by atoms with E-state index in [2.05, 4.69) is 15.5 Å². The third kappa shape index (κ3) is 3.82. The predicted molar refractivity (Wildman–Crippen MR) is 93.5 cm³/mol. The maximum Gasteiger partial charge on any atom is 0.271 e. The first-order chi connectivity index (χ1) is 11.6. The Morgan fingerprint density at radius 1 is 1.12 bits per heavy atom. The zero-order valence-electron chi connectivity index (χ0n) is 12.2. The summed E-state index contributed by atoms with van der Waals surface area (Å²) in [4.78, 5) is 15.7. The molecule has 7 heteroatoms. The molecule has 3 aromatic rings. The minimum absolute atomic E-state index is 0.332. The lowest BCUT2D eigenvalue weighted by atomic mass is 10.2. The fourth-order valence-electron chi connectivity index (χ4n) is 1.98. The minimum atomic E-state index is -0.332. The lowest BCUT2D eigenvalue weighted by Gasteiger charge is -2.00. The number of aromatic nitrogens is 1. The third-order valence-corrected chi connectivity index (χ3v) is 3.67. The molecule has 0 aliphatic rings. The van der Waals surface area contributed by atoms with Gasteiger partial charge in [0.05, 0.1) is 11.2 Å². The molecule has 1 N–H and O–H groups in total. The molecule has 0 aliphatic heterocycles. The van der Waals surface area contributed by atoms with Gasteiger partial charge in [0.15, 0.2) is 0 Å². The van der Waals surface area contributed by atoms with Crippen molar-refractivity contribution in [3.63, 3.8) is 0 Å². The highest BCUT2D eigenvalue weighted by Crippen LogP contribution is 2.31. The van der Waals surface area contributed by atoms with Crippen LogP contribution in [0.5, 0.6) is 0 Å². The standard InChI is InChI=1S/C17H11Cl2N3O2/c18-12-1-3-14(15(19)9-12)16-4-2-13(24-16)10-21-22-17(23)11-5-7-20-8-6-11/h1-10H,(H,22,23)/b21-10+. The van der Waals surface area contributed by atoms with Crippen molar-refractivity contribution in [1.82, 2.24) is 10.4 Å². The molecule has 0 radical (unpaired) electrons. The maximum atomic E-state index is 11.8. The molecule has 2 aromatic heterocycles. The summed E-state index contributed by atoms with van der Waals surface area (Å²) in [5, 5.41) is 4.91. The smallest absolute Gasteiger partial charge is 0.271 e. The van der Waals surface area contributed by atoms with E-state index >= 15 is 0 Å². The van der Waals surface area contributed by atoms with E-state index in [1.807, 2.05) is 0 Å². The van der Waals surface area contributed by atoms with Crippen LogP contribution in [0.2, 0.25) is 10.0 Å². The minimum Gasteiger partial charge on any atom is -0.455 e. The van der Waals surface area contributed by atoms with Crippen LogP contribution in [0.25, 0.3) is 11.3 Å². The molecule has 2 heterocycles. The Bertz CT molecular complexity index is 892. The number of benzene rings is 1. The molecule has 0 unspecified atom stereocenters. The molecule has 1 amide bonds. The lowest BCUT2D eigenvalue weighted by molar-refractivity contribution is 0.0955. The molecule has 0 fully saturated rings. The van der Waals surface area contributed by atoms with Crippen LogP contribution in [0.1, 0.15) is 16.1 Å². The third-order valence-electron chi connectivity index (χ3n) is 3.12. The molecule has 0 saturated heterocycles. The first-order valence-corrected chi connectivity index (χ1v) is 7.68. The van der Waals surface area contributed by atoms with Gasteiger partial charge in [0.25, 0.3) is 5.91 Å². The number of amides is 1. The van der Waals surface area contributed by atoms with Gasteiger partial charge in [-0.25, -0.2) is 5.43 Å². The van der Waals surface area contributed by atoms with Crippen LogP contribution in [-0.2, 0) is 0 Å². The van der Waals surface area contributed by atoms with E-state index in [9.17, 15) is 4.79 Å². The number of rotatable bonds is 4. The Morgan fingerprint density at radius 2 is 1.92 bits per heavy atom. The molecule has 5 nitrogen and oxygen atoms in total. The van der Waals surface area contributed by atoms with Crippen molar-refractivity contribution in [1.29, 1.82) is 0 Å². The topological polar surface area (TPSA) is 67.5 Å². The number of hydrogen-bond acceptors (Lipinski definition) is 4. The predicted octanol–water partition coefficient (Wildman–Crippen LogP) is 4.41. The monoisotopic (exact) mass is 359 g/mol. The Labute approximate surface area is 147 Å². The van der Waals surface area contributed by atoms with Gasteiger partial charge in [-0.1, -0.05) is 23.2 Å². The van der Waals surface area contributed by atoms with Crippen LogP contribution < -0.4 is 5.43 Å². The Hall–Kier alpha value is -2.63. The Morgan fingerprint density at radius 3 is 2.67 bits per heavy atom. The number of halogens is 2. The van der Waals surface area contributed by atoms with E-state index in [1.165, 1.54) is 18.6 Å². The number of furan rings is 1. The van der Waals surface area contributed by atoms with Crippen LogP contribution in [0, 0.1) is 0 Å². The average molecular weight is 360 g/mol. The fourth-order valence-corrected chi connectivity index (χ4v) is 2.48. The van der Waals surface area contributed by atoms with Crippen LogP contribution in [0.15, 0.2) is 64.4 Å². The maximum absolute atomic E-state index is 11.8. The highest BCUT2D eigenvalue weighted by Gasteiger charge is 2.08. The van der Waals surface area contributed by atoms with Crippen molar-refractivity contribution in [2.24, 2.45) is 5.10 Å². The lowest BCUT2D eigenvalue weighted by Crippen LogP contribution is -2.17. The highest BCUT2D eigenvalue weighted by atomic mass is 35.5. The molecule has 3 rings (SSSR count). The van der Waals surface area contributed by atoms with Crippen LogP contribution in [0.3, 0.4) is 0 Å². The van der Waals surface area contributed by atoms with Crippen molar-refractivity contribution in [3.8, 4) is 11.3 Å². The van der Waals surface area contributed by atoms with E-state index in [4.69, 9.17) is 27.6 Å². The fraction of sp³-hybridized carbons (Fsp3) is 0. The first-order valence-electron chi connectivity index (χ1n) is 6.92. The first kappa shape index (κ1) is 16.2. The Balaban J connectivity index is 1.69. The van der Waals surface area contributed by atoms with Gasteiger partial charge in [0.1, 0.15) is 11.5 Å². The van der Waals surface area contributed by atoms with Gasteiger partial charge in [-0.3, -0.25) is 9.78 Å². The van der Waals surface area contributed by atoms with Crippen LogP contribution >= 0.6 is 23.2 Å². The second-order valence-corrected chi connectivity index (χ2v) is 5.60. The number of pyridine rings is 1.